The van der Waals surface area contributed by atoms with Crippen LogP contribution in [0.2, 0.25) is 10.0 Å². The molecule has 40 heavy (non-hydrogen) atoms. The number of amides is 2. The zero-order chi connectivity index (χ0) is 29.4. The van der Waals surface area contributed by atoms with Crippen LogP contribution in [0.15, 0.2) is 54.1 Å². The second-order valence-corrected chi connectivity index (χ2v) is 11.5. The molecule has 214 valence electrons. The molecule has 0 heterocycles. The van der Waals surface area contributed by atoms with Crippen molar-refractivity contribution in [2.24, 2.45) is 5.92 Å². The molecule has 10 heteroatoms. The van der Waals surface area contributed by atoms with Crippen LogP contribution in [0.4, 0.5) is 5.69 Å². The van der Waals surface area contributed by atoms with Crippen LogP contribution in [-0.4, -0.2) is 42.5 Å². The number of halogens is 2. The molecule has 0 spiro atoms. The Balaban J connectivity index is 1.58. The Morgan fingerprint density at radius 1 is 1.00 bits per heavy atom. The molecule has 1 aliphatic rings. The molecule has 0 unspecified atom stereocenters. The number of carbonyl (C=O) groups is 4. The number of rotatable bonds is 8. The summed E-state index contributed by atoms with van der Waals surface area (Å²) >= 11 is 12.2. The summed E-state index contributed by atoms with van der Waals surface area (Å²) in [6.07, 6.45) is 4.07. The highest BCUT2D eigenvalue weighted by atomic mass is 35.5. The molecule has 2 aromatic carbocycles. The van der Waals surface area contributed by atoms with Gasteiger partial charge in [0, 0.05) is 24.1 Å². The number of carbonyl (C=O) groups excluding carboxylic acids is 4. The molecule has 2 amide bonds. The lowest BCUT2D eigenvalue weighted by atomic mass is 9.85. The number of esters is 2. The van der Waals surface area contributed by atoms with E-state index in [9.17, 15) is 19.2 Å². The summed E-state index contributed by atoms with van der Waals surface area (Å²) in [5.41, 5.74) is 1.84. The van der Waals surface area contributed by atoms with Gasteiger partial charge in [-0.05, 0) is 76.3 Å². The van der Waals surface area contributed by atoms with Gasteiger partial charge < -0.3 is 20.1 Å². The number of benzene rings is 2. The summed E-state index contributed by atoms with van der Waals surface area (Å²) < 4.78 is 10.3. The molecule has 0 aromatic heterocycles. The zero-order valence-corrected chi connectivity index (χ0v) is 24.5. The molecular formula is C30H34Cl2N2O6. The minimum atomic E-state index is -0.876. The Hall–Kier alpha value is -3.36. The predicted octanol–water partition coefficient (Wildman–Crippen LogP) is 5.90. The van der Waals surface area contributed by atoms with E-state index in [1.807, 2.05) is 20.8 Å². The van der Waals surface area contributed by atoms with Crippen molar-refractivity contribution in [3.63, 3.8) is 0 Å². The van der Waals surface area contributed by atoms with E-state index in [-0.39, 0.29) is 39.8 Å². The summed E-state index contributed by atoms with van der Waals surface area (Å²) in [5, 5.41) is 6.07. The SMILES string of the molecule is COC(=O)[C@H](Cc1ccc(NC(=O)c2c(Cl)cccc2Cl)cc1)NC(=O)C1CCC(=CC(=O)OC(C)(C)C)CC1. The molecule has 2 aromatic rings. The molecular weight excluding hydrogens is 555 g/mol. The highest BCUT2D eigenvalue weighted by Crippen LogP contribution is 2.29. The number of anilines is 1. The van der Waals surface area contributed by atoms with E-state index < -0.39 is 23.5 Å². The molecule has 1 fully saturated rings. The van der Waals surface area contributed by atoms with Gasteiger partial charge in [-0.25, -0.2) is 9.59 Å². The number of ether oxygens (including phenoxy) is 2. The first kappa shape index (κ1) is 31.2. The van der Waals surface area contributed by atoms with E-state index in [1.54, 1.807) is 42.5 Å². The fourth-order valence-electron chi connectivity index (χ4n) is 4.39. The second kappa shape index (κ2) is 13.8. The van der Waals surface area contributed by atoms with Gasteiger partial charge in [-0.15, -0.1) is 0 Å². The first-order chi connectivity index (χ1) is 18.9. The highest BCUT2D eigenvalue weighted by molar-refractivity contribution is 6.40. The van der Waals surface area contributed by atoms with E-state index in [0.717, 1.165) is 11.1 Å². The fraction of sp³-hybridized carbons (Fsp3) is 0.400. The van der Waals surface area contributed by atoms with Crippen LogP contribution in [0.1, 0.15) is 62.4 Å². The molecule has 1 saturated carbocycles. The third-order valence-corrected chi connectivity index (χ3v) is 7.00. The van der Waals surface area contributed by atoms with E-state index in [1.165, 1.54) is 13.2 Å². The Kier molecular flexibility index (Phi) is 10.8. The quantitative estimate of drug-likeness (QED) is 0.293. The van der Waals surface area contributed by atoms with Gasteiger partial charge in [0.05, 0.1) is 22.7 Å². The minimum absolute atomic E-state index is 0.179. The monoisotopic (exact) mass is 588 g/mol. The van der Waals surface area contributed by atoms with E-state index in [4.69, 9.17) is 32.7 Å². The molecule has 0 aliphatic heterocycles. The smallest absolute Gasteiger partial charge is 0.331 e. The molecule has 1 aliphatic carbocycles. The third-order valence-electron chi connectivity index (χ3n) is 6.37. The Morgan fingerprint density at radius 2 is 1.60 bits per heavy atom. The predicted molar refractivity (Wildman–Crippen MR) is 154 cm³/mol. The molecule has 0 saturated heterocycles. The number of hydrogen-bond donors (Lipinski definition) is 2. The Labute approximate surface area is 244 Å². The van der Waals surface area contributed by atoms with Gasteiger partial charge in [-0.1, -0.05) is 47.0 Å². The van der Waals surface area contributed by atoms with Crippen LogP contribution in [-0.2, 0) is 30.3 Å². The molecule has 0 bridgehead atoms. The summed E-state index contributed by atoms with van der Waals surface area (Å²) in [5.74, 6) is -1.89. The maximum absolute atomic E-state index is 13.0. The van der Waals surface area contributed by atoms with E-state index >= 15 is 0 Å². The third kappa shape index (κ3) is 9.10. The number of methoxy groups -OCH3 is 1. The van der Waals surface area contributed by atoms with E-state index in [2.05, 4.69) is 10.6 Å². The van der Waals surface area contributed by atoms with Gasteiger partial charge in [0.1, 0.15) is 11.6 Å². The summed E-state index contributed by atoms with van der Waals surface area (Å²) in [6.45, 7) is 5.44. The van der Waals surface area contributed by atoms with Crippen molar-refractivity contribution in [3.05, 3.63) is 75.3 Å². The maximum atomic E-state index is 13.0. The lowest BCUT2D eigenvalue weighted by Crippen LogP contribution is -2.46. The van der Waals surface area contributed by atoms with Crippen LogP contribution in [0, 0.1) is 5.92 Å². The molecule has 2 N–H and O–H groups in total. The zero-order valence-electron chi connectivity index (χ0n) is 23.0. The van der Waals surface area contributed by atoms with Gasteiger partial charge in [-0.3, -0.25) is 9.59 Å². The van der Waals surface area contributed by atoms with Crippen molar-refractivity contribution in [3.8, 4) is 0 Å². The van der Waals surface area contributed by atoms with Gasteiger partial charge >= 0.3 is 11.9 Å². The van der Waals surface area contributed by atoms with Gasteiger partial charge in [0.15, 0.2) is 0 Å². The first-order valence-electron chi connectivity index (χ1n) is 13.0. The van der Waals surface area contributed by atoms with Crippen LogP contribution in [0.5, 0.6) is 0 Å². The molecule has 0 radical (unpaired) electrons. The number of allylic oxidation sites excluding steroid dienone is 1. The average Bonchev–Trinajstić information content (AvgIpc) is 2.88. The minimum Gasteiger partial charge on any atom is -0.467 e. The van der Waals surface area contributed by atoms with Crippen molar-refractivity contribution in [1.82, 2.24) is 5.32 Å². The Bertz CT molecular complexity index is 1250. The first-order valence-corrected chi connectivity index (χ1v) is 13.8. The lowest BCUT2D eigenvalue weighted by Gasteiger charge is -2.26. The van der Waals surface area contributed by atoms with Crippen molar-refractivity contribution >= 4 is 52.6 Å². The summed E-state index contributed by atoms with van der Waals surface area (Å²) in [7, 11) is 1.27. The summed E-state index contributed by atoms with van der Waals surface area (Å²) in [6, 6.07) is 10.8. The van der Waals surface area contributed by atoms with Crippen molar-refractivity contribution < 1.29 is 28.7 Å². The van der Waals surface area contributed by atoms with Crippen LogP contribution in [0.25, 0.3) is 0 Å². The summed E-state index contributed by atoms with van der Waals surface area (Å²) in [4.78, 5) is 50.2. The average molecular weight is 590 g/mol. The van der Waals surface area contributed by atoms with Crippen molar-refractivity contribution in [2.45, 2.75) is 64.5 Å². The van der Waals surface area contributed by atoms with Crippen molar-refractivity contribution in [1.29, 1.82) is 0 Å². The van der Waals surface area contributed by atoms with Crippen molar-refractivity contribution in [2.75, 3.05) is 12.4 Å². The van der Waals surface area contributed by atoms with Crippen LogP contribution < -0.4 is 10.6 Å². The highest BCUT2D eigenvalue weighted by Gasteiger charge is 2.29. The molecule has 3 rings (SSSR count). The van der Waals surface area contributed by atoms with Gasteiger partial charge in [-0.2, -0.15) is 0 Å². The lowest BCUT2D eigenvalue weighted by molar-refractivity contribution is -0.148. The van der Waals surface area contributed by atoms with Gasteiger partial charge in [0.2, 0.25) is 5.91 Å². The fourth-order valence-corrected chi connectivity index (χ4v) is 4.96. The largest absolute Gasteiger partial charge is 0.467 e. The van der Waals surface area contributed by atoms with Gasteiger partial charge in [0.25, 0.3) is 5.91 Å². The second-order valence-electron chi connectivity index (χ2n) is 10.6. The molecule has 1 atom stereocenters. The molecule has 8 nitrogen and oxygen atoms in total. The standard InChI is InChI=1S/C30H34Cl2N2O6/c1-30(2,3)40-25(35)17-19-8-12-20(13-9-19)27(36)34-24(29(38)39-4)16-18-10-14-21(15-11-18)33-28(37)26-22(31)6-5-7-23(26)32/h5-7,10-11,14-15,17,20,24H,8-9,12-13,16H2,1-4H3,(H,33,37)(H,34,36)/t20?,24-/m0/s1. The van der Waals surface area contributed by atoms with Crippen LogP contribution >= 0.6 is 23.2 Å². The maximum Gasteiger partial charge on any atom is 0.331 e. The van der Waals surface area contributed by atoms with Crippen LogP contribution in [0.3, 0.4) is 0 Å². The van der Waals surface area contributed by atoms with E-state index in [0.29, 0.717) is 31.4 Å². The normalized spacial score (nSPS) is 15.9. The number of nitrogens with one attached hydrogen (secondary N) is 2. The Morgan fingerprint density at radius 3 is 2.15 bits per heavy atom. The number of hydrogen-bond acceptors (Lipinski definition) is 6. The topological polar surface area (TPSA) is 111 Å².